The van der Waals surface area contributed by atoms with Gasteiger partial charge in [-0.15, -0.1) is 0 Å². The Morgan fingerprint density at radius 2 is 2.10 bits per heavy atom. The Bertz CT molecular complexity index is 303. The van der Waals surface area contributed by atoms with E-state index in [9.17, 15) is 9.90 Å². The van der Waals surface area contributed by atoms with Gasteiger partial charge >= 0.3 is 0 Å². The zero-order valence-corrected chi connectivity index (χ0v) is 12.4. The molecule has 0 aromatic rings. The van der Waals surface area contributed by atoms with Crippen molar-refractivity contribution in [2.45, 2.75) is 63.7 Å². The maximum absolute atomic E-state index is 11.6. The van der Waals surface area contributed by atoms with Crippen LogP contribution in [0.2, 0.25) is 0 Å². The van der Waals surface area contributed by atoms with Gasteiger partial charge in [-0.25, -0.2) is 0 Å². The fraction of sp³-hybridized carbons (Fsp3) is 0.933. The highest BCUT2D eigenvalue weighted by atomic mass is 16.5. The molecule has 1 aliphatic heterocycles. The van der Waals surface area contributed by atoms with Gasteiger partial charge in [0.15, 0.2) is 0 Å². The van der Waals surface area contributed by atoms with Gasteiger partial charge in [0.1, 0.15) is 0 Å². The van der Waals surface area contributed by atoms with Crippen LogP contribution in [-0.2, 0) is 9.53 Å². The summed E-state index contributed by atoms with van der Waals surface area (Å²) < 4.78 is 5.77. The summed E-state index contributed by atoms with van der Waals surface area (Å²) in [4.78, 5) is 11.6. The first-order valence-corrected chi connectivity index (χ1v) is 7.96. The number of hydrogen-bond donors (Lipinski definition) is 3. The fourth-order valence-corrected chi connectivity index (χ4v) is 2.95. The lowest BCUT2D eigenvalue weighted by molar-refractivity contribution is -0.124. The molecule has 1 heterocycles. The van der Waals surface area contributed by atoms with Crippen molar-refractivity contribution in [3.05, 3.63) is 0 Å². The smallest absolute Gasteiger partial charge is 0.237 e. The Morgan fingerprint density at radius 3 is 2.80 bits per heavy atom. The van der Waals surface area contributed by atoms with Crippen LogP contribution in [0, 0.1) is 5.92 Å². The number of nitrogens with one attached hydrogen (secondary N) is 2. The molecule has 2 fully saturated rings. The first-order chi connectivity index (χ1) is 9.65. The lowest BCUT2D eigenvalue weighted by Crippen LogP contribution is -2.50. The van der Waals surface area contributed by atoms with Gasteiger partial charge in [-0.2, -0.15) is 0 Å². The predicted molar refractivity (Wildman–Crippen MR) is 77.4 cm³/mol. The topological polar surface area (TPSA) is 70.6 Å². The maximum atomic E-state index is 11.6. The molecule has 2 unspecified atom stereocenters. The lowest BCUT2D eigenvalue weighted by Gasteiger charge is -2.28. The fourth-order valence-electron chi connectivity index (χ4n) is 2.95. The van der Waals surface area contributed by atoms with Gasteiger partial charge in [-0.3, -0.25) is 4.79 Å². The third-order valence-electron chi connectivity index (χ3n) is 4.37. The Balaban J connectivity index is 1.58. The Hall–Kier alpha value is -0.650. The van der Waals surface area contributed by atoms with E-state index in [0.29, 0.717) is 19.3 Å². The molecule has 0 spiro atoms. The molecule has 0 aromatic carbocycles. The molecule has 1 amide bonds. The highest BCUT2D eigenvalue weighted by Crippen LogP contribution is 2.25. The van der Waals surface area contributed by atoms with Crippen LogP contribution < -0.4 is 10.6 Å². The quantitative estimate of drug-likeness (QED) is 0.675. The molecule has 3 N–H and O–H groups in total. The number of piperidine rings is 1. The molecule has 5 heteroatoms. The number of aliphatic hydroxyl groups is 1. The number of carbonyl (C=O) groups excluding carboxylic acids is 1. The van der Waals surface area contributed by atoms with Crippen LogP contribution in [0.5, 0.6) is 0 Å². The van der Waals surface area contributed by atoms with Gasteiger partial charge in [-0.1, -0.05) is 6.92 Å². The minimum atomic E-state index is -0.538. The summed E-state index contributed by atoms with van der Waals surface area (Å²) in [6, 6.07) is -0.158. The normalized spacial score (nSPS) is 32.7. The largest absolute Gasteiger partial charge is 0.389 e. The van der Waals surface area contributed by atoms with E-state index in [1.54, 1.807) is 0 Å². The van der Waals surface area contributed by atoms with Crippen molar-refractivity contribution in [2.75, 3.05) is 19.7 Å². The van der Waals surface area contributed by atoms with Crippen molar-refractivity contribution in [3.8, 4) is 0 Å². The number of aliphatic hydroxyl groups excluding tert-OH is 1. The standard InChI is InChI=1S/C15H28N2O3/c1-11-4-6-13(7-5-11)20-10-12(18)9-17-14-3-2-8-16-15(14)19/h11-14,17-18H,2-10H2,1H3,(H,16,19). The zero-order chi connectivity index (χ0) is 14.4. The van der Waals surface area contributed by atoms with Gasteiger partial charge in [0.25, 0.3) is 0 Å². The highest BCUT2D eigenvalue weighted by Gasteiger charge is 2.23. The van der Waals surface area contributed by atoms with Crippen LogP contribution in [0.25, 0.3) is 0 Å². The van der Waals surface area contributed by atoms with Gasteiger partial charge in [0.2, 0.25) is 5.91 Å². The number of amides is 1. The van der Waals surface area contributed by atoms with Crippen LogP contribution in [0.15, 0.2) is 0 Å². The third-order valence-corrected chi connectivity index (χ3v) is 4.37. The summed E-state index contributed by atoms with van der Waals surface area (Å²) in [5.41, 5.74) is 0. The SMILES string of the molecule is CC1CCC(OCC(O)CNC2CCCNC2=O)CC1. The molecule has 116 valence electrons. The third kappa shape index (κ3) is 5.04. The lowest BCUT2D eigenvalue weighted by atomic mass is 9.89. The van der Waals surface area contributed by atoms with Gasteiger partial charge < -0.3 is 20.5 Å². The van der Waals surface area contributed by atoms with Crippen molar-refractivity contribution in [1.29, 1.82) is 0 Å². The van der Waals surface area contributed by atoms with Gasteiger partial charge in [-0.05, 0) is 44.4 Å². The molecular weight excluding hydrogens is 256 g/mol. The van der Waals surface area contributed by atoms with Crippen molar-refractivity contribution in [3.63, 3.8) is 0 Å². The number of rotatable bonds is 6. The Morgan fingerprint density at radius 1 is 1.35 bits per heavy atom. The van der Waals surface area contributed by atoms with E-state index in [-0.39, 0.29) is 11.9 Å². The predicted octanol–water partition coefficient (Wildman–Crippen LogP) is 0.811. The van der Waals surface area contributed by atoms with Crippen LogP contribution in [0.1, 0.15) is 45.4 Å². The molecule has 0 aromatic heterocycles. The van der Waals surface area contributed by atoms with E-state index in [1.807, 2.05) is 0 Å². The average Bonchev–Trinajstić information content (AvgIpc) is 2.46. The van der Waals surface area contributed by atoms with Gasteiger partial charge in [0.05, 0.1) is 24.9 Å². The Kier molecular flexibility index (Phi) is 6.26. The molecule has 2 aliphatic rings. The van der Waals surface area contributed by atoms with Crippen molar-refractivity contribution in [2.24, 2.45) is 5.92 Å². The molecule has 2 atom stereocenters. The average molecular weight is 284 g/mol. The van der Waals surface area contributed by atoms with Crippen LogP contribution in [0.3, 0.4) is 0 Å². The van der Waals surface area contributed by atoms with Crippen molar-refractivity contribution < 1.29 is 14.6 Å². The van der Waals surface area contributed by atoms with E-state index in [4.69, 9.17) is 4.74 Å². The summed E-state index contributed by atoms with van der Waals surface area (Å²) in [5, 5.41) is 15.9. The van der Waals surface area contributed by atoms with E-state index in [0.717, 1.165) is 38.1 Å². The van der Waals surface area contributed by atoms with Crippen LogP contribution in [-0.4, -0.2) is 49.0 Å². The minimum absolute atomic E-state index is 0.0469. The summed E-state index contributed by atoms with van der Waals surface area (Å²) in [5.74, 6) is 0.858. The highest BCUT2D eigenvalue weighted by molar-refractivity contribution is 5.82. The number of hydrogen-bond acceptors (Lipinski definition) is 4. The van der Waals surface area contributed by atoms with E-state index < -0.39 is 6.10 Å². The van der Waals surface area contributed by atoms with Gasteiger partial charge in [0, 0.05) is 13.1 Å². The summed E-state index contributed by atoms with van der Waals surface area (Å²) >= 11 is 0. The first-order valence-electron chi connectivity index (χ1n) is 7.96. The molecule has 1 aliphatic carbocycles. The maximum Gasteiger partial charge on any atom is 0.237 e. The molecule has 5 nitrogen and oxygen atoms in total. The summed E-state index contributed by atoms with van der Waals surface area (Å²) in [6.45, 7) is 3.83. The van der Waals surface area contributed by atoms with Crippen LogP contribution in [0.4, 0.5) is 0 Å². The second kappa shape index (κ2) is 7.96. The first kappa shape index (κ1) is 15.7. The number of ether oxygens (including phenoxy) is 1. The zero-order valence-electron chi connectivity index (χ0n) is 12.4. The molecule has 2 rings (SSSR count). The monoisotopic (exact) mass is 284 g/mol. The second-order valence-electron chi connectivity index (χ2n) is 6.26. The van der Waals surface area contributed by atoms with Crippen molar-refractivity contribution >= 4 is 5.91 Å². The summed E-state index contributed by atoms with van der Waals surface area (Å²) in [6.07, 6.45) is 6.26. The molecular formula is C15H28N2O3. The van der Waals surface area contributed by atoms with E-state index >= 15 is 0 Å². The molecule has 1 saturated heterocycles. The molecule has 0 radical (unpaired) electrons. The van der Waals surface area contributed by atoms with Crippen molar-refractivity contribution in [1.82, 2.24) is 10.6 Å². The summed E-state index contributed by atoms with van der Waals surface area (Å²) in [7, 11) is 0. The van der Waals surface area contributed by atoms with Crippen LogP contribution >= 0.6 is 0 Å². The molecule has 0 bridgehead atoms. The second-order valence-corrected chi connectivity index (χ2v) is 6.26. The number of carbonyl (C=O) groups is 1. The minimum Gasteiger partial charge on any atom is -0.389 e. The van der Waals surface area contributed by atoms with E-state index in [2.05, 4.69) is 17.6 Å². The molecule has 20 heavy (non-hydrogen) atoms. The van der Waals surface area contributed by atoms with E-state index in [1.165, 1.54) is 12.8 Å². The molecule has 1 saturated carbocycles. The Labute approximate surface area is 121 Å².